The number of benzene rings is 2. The molecular formula is C23H26FNO4. The fourth-order valence-corrected chi connectivity index (χ4v) is 2.81. The van der Waals surface area contributed by atoms with Crippen LogP contribution in [-0.4, -0.2) is 31.6 Å². The van der Waals surface area contributed by atoms with Crippen molar-refractivity contribution in [2.75, 3.05) is 13.7 Å². The van der Waals surface area contributed by atoms with Gasteiger partial charge in [0.15, 0.2) is 17.7 Å². The van der Waals surface area contributed by atoms with E-state index in [-0.39, 0.29) is 17.6 Å². The van der Waals surface area contributed by atoms with Crippen LogP contribution >= 0.6 is 0 Å². The van der Waals surface area contributed by atoms with Crippen molar-refractivity contribution in [2.24, 2.45) is 0 Å². The van der Waals surface area contributed by atoms with Gasteiger partial charge in [-0.3, -0.25) is 4.79 Å². The fourth-order valence-electron chi connectivity index (χ4n) is 2.81. The first-order chi connectivity index (χ1) is 13.9. The summed E-state index contributed by atoms with van der Waals surface area (Å²) in [5, 5.41) is 2.83. The Balaban J connectivity index is 1.85. The summed E-state index contributed by atoms with van der Waals surface area (Å²) in [6.45, 7) is 4.03. The van der Waals surface area contributed by atoms with E-state index in [4.69, 9.17) is 9.47 Å². The van der Waals surface area contributed by atoms with Gasteiger partial charge in [0.05, 0.1) is 7.11 Å². The van der Waals surface area contributed by atoms with Crippen molar-refractivity contribution < 1.29 is 23.5 Å². The van der Waals surface area contributed by atoms with Gasteiger partial charge in [0.25, 0.3) is 5.91 Å². The summed E-state index contributed by atoms with van der Waals surface area (Å²) >= 11 is 0. The van der Waals surface area contributed by atoms with Crippen molar-refractivity contribution in [1.29, 1.82) is 0 Å². The number of hydrogen-bond donors (Lipinski definition) is 1. The van der Waals surface area contributed by atoms with Crippen LogP contribution in [0.3, 0.4) is 0 Å². The van der Waals surface area contributed by atoms with Crippen molar-refractivity contribution >= 4 is 18.0 Å². The molecule has 154 valence electrons. The van der Waals surface area contributed by atoms with Gasteiger partial charge in [-0.15, -0.1) is 0 Å². The van der Waals surface area contributed by atoms with Crippen LogP contribution in [0.1, 0.15) is 37.3 Å². The van der Waals surface area contributed by atoms with Gasteiger partial charge in [0.2, 0.25) is 0 Å². The zero-order valence-corrected chi connectivity index (χ0v) is 16.9. The number of amides is 1. The predicted octanol–water partition coefficient (Wildman–Crippen LogP) is 4.09. The van der Waals surface area contributed by atoms with Gasteiger partial charge in [-0.2, -0.15) is 0 Å². The van der Waals surface area contributed by atoms with Gasteiger partial charge in [-0.25, -0.2) is 9.18 Å². The summed E-state index contributed by atoms with van der Waals surface area (Å²) < 4.78 is 23.6. The number of carbonyl (C=O) groups excluding carboxylic acids is 2. The quantitative estimate of drug-likeness (QED) is 0.510. The summed E-state index contributed by atoms with van der Waals surface area (Å²) in [4.78, 5) is 24.2. The maximum atomic E-state index is 13.7. The van der Waals surface area contributed by atoms with E-state index in [2.05, 4.69) is 12.2 Å². The van der Waals surface area contributed by atoms with Gasteiger partial charge >= 0.3 is 5.97 Å². The molecule has 0 aliphatic heterocycles. The zero-order chi connectivity index (χ0) is 21.2. The molecule has 0 spiro atoms. The van der Waals surface area contributed by atoms with E-state index < -0.39 is 17.9 Å². The fraction of sp³-hybridized carbons (Fsp3) is 0.304. The number of esters is 1. The minimum atomic E-state index is -0.937. The Hall–Kier alpha value is -3.15. The molecule has 1 amide bonds. The number of ether oxygens (including phenoxy) is 2. The second kappa shape index (κ2) is 11.0. The molecule has 0 bridgehead atoms. The van der Waals surface area contributed by atoms with Crippen molar-refractivity contribution in [1.82, 2.24) is 5.32 Å². The highest BCUT2D eigenvalue weighted by atomic mass is 19.1. The van der Waals surface area contributed by atoms with E-state index in [9.17, 15) is 14.0 Å². The van der Waals surface area contributed by atoms with Crippen LogP contribution < -0.4 is 10.1 Å². The monoisotopic (exact) mass is 399 g/mol. The second-order valence-corrected chi connectivity index (χ2v) is 6.57. The third-order valence-electron chi connectivity index (χ3n) is 4.54. The van der Waals surface area contributed by atoms with Gasteiger partial charge < -0.3 is 14.8 Å². The summed E-state index contributed by atoms with van der Waals surface area (Å²) in [5.41, 5.74) is 1.63. The molecule has 6 heteroatoms. The van der Waals surface area contributed by atoms with Gasteiger partial charge in [-0.05, 0) is 42.7 Å². The van der Waals surface area contributed by atoms with Crippen LogP contribution in [0, 0.1) is 5.82 Å². The first kappa shape index (κ1) is 22.1. The molecule has 1 N–H and O–H groups in total. The van der Waals surface area contributed by atoms with E-state index in [1.165, 1.54) is 32.2 Å². The summed E-state index contributed by atoms with van der Waals surface area (Å²) in [6.07, 6.45) is 2.51. The molecule has 0 aliphatic rings. The molecule has 2 atom stereocenters. The van der Waals surface area contributed by atoms with Crippen molar-refractivity contribution in [2.45, 2.75) is 32.3 Å². The van der Waals surface area contributed by atoms with Crippen molar-refractivity contribution in [3.63, 3.8) is 0 Å². The van der Waals surface area contributed by atoms with Crippen molar-refractivity contribution in [3.8, 4) is 5.75 Å². The zero-order valence-electron chi connectivity index (χ0n) is 16.9. The SMILES string of the molecule is CC[C@@H](CNC(=O)[C@@H](C)OC(=O)/C=C/c1ccc(OC)c(F)c1)c1ccccc1. The average Bonchev–Trinajstić information content (AvgIpc) is 2.73. The van der Waals surface area contributed by atoms with E-state index >= 15 is 0 Å². The molecule has 2 aromatic rings. The first-order valence-electron chi connectivity index (χ1n) is 9.49. The van der Waals surface area contributed by atoms with Crippen LogP contribution in [-0.2, 0) is 14.3 Å². The van der Waals surface area contributed by atoms with E-state index in [1.54, 1.807) is 6.07 Å². The Morgan fingerprint density at radius 2 is 1.90 bits per heavy atom. The molecule has 2 rings (SSSR count). The summed E-state index contributed by atoms with van der Waals surface area (Å²) in [6, 6.07) is 14.2. The van der Waals surface area contributed by atoms with Crippen molar-refractivity contribution in [3.05, 3.63) is 71.6 Å². The summed E-state index contributed by atoms with van der Waals surface area (Å²) in [5.74, 6) is -1.26. The largest absolute Gasteiger partial charge is 0.494 e. The van der Waals surface area contributed by atoms with E-state index in [0.717, 1.165) is 18.1 Å². The molecule has 29 heavy (non-hydrogen) atoms. The minimum absolute atomic E-state index is 0.121. The number of hydrogen-bond acceptors (Lipinski definition) is 4. The molecule has 0 unspecified atom stereocenters. The lowest BCUT2D eigenvalue weighted by Gasteiger charge is -2.18. The molecule has 0 saturated carbocycles. The van der Waals surface area contributed by atoms with Crippen LogP contribution in [0.4, 0.5) is 4.39 Å². The maximum absolute atomic E-state index is 13.7. The third kappa shape index (κ3) is 6.75. The summed E-state index contributed by atoms with van der Waals surface area (Å²) in [7, 11) is 1.38. The standard InChI is InChI=1S/C23H26FNO4/c1-4-18(19-8-6-5-7-9-19)15-25-23(27)16(2)29-22(26)13-11-17-10-12-21(28-3)20(24)14-17/h5-14,16,18H,4,15H2,1-3H3,(H,25,27)/b13-11+/t16-,18+/m1/s1. The van der Waals surface area contributed by atoms with E-state index in [0.29, 0.717) is 12.1 Å². The molecule has 0 heterocycles. The Kier molecular flexibility index (Phi) is 8.40. The number of carbonyl (C=O) groups is 2. The van der Waals surface area contributed by atoms with Crippen LogP contribution in [0.25, 0.3) is 6.08 Å². The normalized spacial score (nSPS) is 13.0. The van der Waals surface area contributed by atoms with Gasteiger partial charge in [-0.1, -0.05) is 43.3 Å². The Bertz CT molecular complexity index is 851. The predicted molar refractivity (Wildman–Crippen MR) is 110 cm³/mol. The number of nitrogens with one attached hydrogen (secondary N) is 1. The second-order valence-electron chi connectivity index (χ2n) is 6.57. The third-order valence-corrected chi connectivity index (χ3v) is 4.54. The topological polar surface area (TPSA) is 64.6 Å². The molecule has 0 fully saturated rings. The molecule has 0 radical (unpaired) electrons. The highest BCUT2D eigenvalue weighted by molar-refractivity contribution is 5.90. The van der Waals surface area contributed by atoms with Gasteiger partial charge in [0.1, 0.15) is 0 Å². The van der Waals surface area contributed by atoms with Gasteiger partial charge in [0, 0.05) is 18.5 Å². The molecule has 0 aliphatic carbocycles. The first-order valence-corrected chi connectivity index (χ1v) is 9.49. The highest BCUT2D eigenvalue weighted by Gasteiger charge is 2.18. The molecule has 2 aromatic carbocycles. The number of rotatable bonds is 9. The maximum Gasteiger partial charge on any atom is 0.331 e. The highest BCUT2D eigenvalue weighted by Crippen LogP contribution is 2.19. The van der Waals surface area contributed by atoms with Crippen LogP contribution in [0.15, 0.2) is 54.6 Å². The lowest BCUT2D eigenvalue weighted by Crippen LogP contribution is -2.37. The molecule has 5 nitrogen and oxygen atoms in total. The van der Waals surface area contributed by atoms with E-state index in [1.807, 2.05) is 30.3 Å². The molecule has 0 aromatic heterocycles. The number of methoxy groups -OCH3 is 1. The lowest BCUT2D eigenvalue weighted by atomic mass is 9.96. The Morgan fingerprint density at radius 3 is 2.52 bits per heavy atom. The molecule has 0 saturated heterocycles. The van der Waals surface area contributed by atoms with Crippen LogP contribution in [0.5, 0.6) is 5.75 Å². The Morgan fingerprint density at radius 1 is 1.17 bits per heavy atom. The molecular weight excluding hydrogens is 373 g/mol. The smallest absolute Gasteiger partial charge is 0.331 e. The average molecular weight is 399 g/mol. The minimum Gasteiger partial charge on any atom is -0.494 e. The lowest BCUT2D eigenvalue weighted by molar-refractivity contribution is -0.150. The Labute approximate surface area is 170 Å². The number of halogens is 1. The van der Waals surface area contributed by atoms with Crippen LogP contribution in [0.2, 0.25) is 0 Å².